The topological polar surface area (TPSA) is 42.0 Å². The van der Waals surface area contributed by atoms with Gasteiger partial charge in [0.05, 0.1) is 11.9 Å². The first-order valence-corrected chi connectivity index (χ1v) is 6.97. The third kappa shape index (κ3) is 3.80. The number of anilines is 1. The van der Waals surface area contributed by atoms with Gasteiger partial charge in [-0.3, -0.25) is 4.79 Å². The van der Waals surface area contributed by atoms with Gasteiger partial charge < -0.3 is 5.32 Å². The molecule has 0 radical (unpaired) electrons. The van der Waals surface area contributed by atoms with Crippen LogP contribution in [0.4, 0.5) is 5.69 Å². The van der Waals surface area contributed by atoms with Crippen molar-refractivity contribution in [2.45, 2.75) is 38.5 Å². The molecule has 1 N–H and O–H groups in total. The van der Waals surface area contributed by atoms with Crippen molar-refractivity contribution >= 4 is 27.5 Å². The smallest absolute Gasteiger partial charge is 0.227 e. The molecule has 0 atom stereocenters. The Balaban J connectivity index is 1.93. The van der Waals surface area contributed by atoms with Crippen molar-refractivity contribution in [1.29, 1.82) is 0 Å². The number of nitrogens with one attached hydrogen (secondary N) is 1. The lowest BCUT2D eigenvalue weighted by molar-refractivity contribution is -0.120. The largest absolute Gasteiger partial charge is 0.324 e. The van der Waals surface area contributed by atoms with Crippen molar-refractivity contribution < 1.29 is 4.79 Å². The molecule has 0 unspecified atom stereocenters. The number of carbonyl (C=O) groups is 1. The summed E-state index contributed by atoms with van der Waals surface area (Å²) in [5.41, 5.74) is 0.780. The monoisotopic (exact) mass is 296 g/mol. The van der Waals surface area contributed by atoms with Crippen molar-refractivity contribution in [2.75, 3.05) is 5.32 Å². The Labute approximate surface area is 110 Å². The molecule has 0 aliphatic heterocycles. The number of pyridine rings is 1. The third-order valence-electron chi connectivity index (χ3n) is 3.22. The van der Waals surface area contributed by atoms with Crippen LogP contribution in [0, 0.1) is 5.92 Å². The lowest BCUT2D eigenvalue weighted by atomic mass is 9.99. The highest BCUT2D eigenvalue weighted by Crippen LogP contribution is 2.24. The number of rotatable bonds is 2. The Kier molecular flexibility index (Phi) is 4.54. The van der Waals surface area contributed by atoms with Crippen LogP contribution in [0.2, 0.25) is 0 Å². The molecule has 1 aromatic rings. The molecule has 1 heterocycles. The Morgan fingerprint density at radius 1 is 1.24 bits per heavy atom. The fourth-order valence-corrected chi connectivity index (χ4v) is 2.47. The van der Waals surface area contributed by atoms with Gasteiger partial charge in [0.1, 0.15) is 4.60 Å². The van der Waals surface area contributed by atoms with Crippen LogP contribution in [-0.4, -0.2) is 10.9 Å². The number of hydrogen-bond donors (Lipinski definition) is 1. The lowest BCUT2D eigenvalue weighted by Crippen LogP contribution is -2.22. The Morgan fingerprint density at radius 2 is 1.94 bits per heavy atom. The summed E-state index contributed by atoms with van der Waals surface area (Å²) in [6.45, 7) is 0. The average molecular weight is 297 g/mol. The average Bonchev–Trinajstić information content (AvgIpc) is 2.61. The Morgan fingerprint density at radius 3 is 2.53 bits per heavy atom. The van der Waals surface area contributed by atoms with Crippen molar-refractivity contribution in [2.24, 2.45) is 5.92 Å². The normalized spacial score (nSPS) is 17.5. The molecule has 92 valence electrons. The van der Waals surface area contributed by atoms with Crippen LogP contribution in [0.1, 0.15) is 38.5 Å². The molecule has 0 bridgehead atoms. The summed E-state index contributed by atoms with van der Waals surface area (Å²) in [5.74, 6) is 0.331. The van der Waals surface area contributed by atoms with Gasteiger partial charge >= 0.3 is 0 Å². The Bertz CT molecular complexity index is 370. The van der Waals surface area contributed by atoms with E-state index in [2.05, 4.69) is 26.2 Å². The van der Waals surface area contributed by atoms with E-state index in [0.29, 0.717) is 0 Å². The molecule has 0 saturated heterocycles. The maximum atomic E-state index is 12.1. The van der Waals surface area contributed by atoms with E-state index < -0.39 is 0 Å². The molecule has 0 spiro atoms. The molecule has 1 aromatic heterocycles. The first-order valence-electron chi connectivity index (χ1n) is 6.18. The minimum Gasteiger partial charge on any atom is -0.324 e. The van der Waals surface area contributed by atoms with Gasteiger partial charge in [-0.05, 0) is 40.9 Å². The second-order valence-corrected chi connectivity index (χ2v) is 5.36. The fraction of sp³-hybridized carbons (Fsp3) is 0.538. The zero-order valence-corrected chi connectivity index (χ0v) is 11.4. The molecule has 1 fully saturated rings. The number of halogens is 1. The van der Waals surface area contributed by atoms with Gasteiger partial charge in [-0.25, -0.2) is 4.98 Å². The number of nitrogens with zero attached hydrogens (tertiary/aromatic N) is 1. The molecule has 17 heavy (non-hydrogen) atoms. The lowest BCUT2D eigenvalue weighted by Gasteiger charge is -2.13. The zero-order chi connectivity index (χ0) is 12.1. The first kappa shape index (κ1) is 12.6. The molecular weight excluding hydrogens is 280 g/mol. The van der Waals surface area contributed by atoms with E-state index in [4.69, 9.17) is 0 Å². The van der Waals surface area contributed by atoms with Crippen LogP contribution < -0.4 is 5.32 Å². The van der Waals surface area contributed by atoms with E-state index in [9.17, 15) is 4.79 Å². The number of carbonyl (C=O) groups excluding carboxylic acids is 1. The standard InChI is InChI=1S/C13H17BrN2O/c14-12-8-7-11(9-15-12)16-13(17)10-5-3-1-2-4-6-10/h7-10H,1-6H2,(H,16,17). The molecule has 2 rings (SSSR count). The highest BCUT2D eigenvalue weighted by atomic mass is 79.9. The molecule has 1 amide bonds. The maximum Gasteiger partial charge on any atom is 0.227 e. The van der Waals surface area contributed by atoms with Gasteiger partial charge in [0.25, 0.3) is 0 Å². The molecule has 1 aliphatic carbocycles. The first-order chi connectivity index (χ1) is 8.25. The van der Waals surface area contributed by atoms with Crippen molar-refractivity contribution in [3.8, 4) is 0 Å². The van der Waals surface area contributed by atoms with Gasteiger partial charge in [0.2, 0.25) is 5.91 Å². The molecule has 0 aromatic carbocycles. The van der Waals surface area contributed by atoms with Crippen molar-refractivity contribution in [3.05, 3.63) is 22.9 Å². The van der Waals surface area contributed by atoms with E-state index in [1.54, 1.807) is 6.20 Å². The zero-order valence-electron chi connectivity index (χ0n) is 9.79. The molecule has 3 nitrogen and oxygen atoms in total. The summed E-state index contributed by atoms with van der Waals surface area (Å²) in [7, 11) is 0. The van der Waals surface area contributed by atoms with E-state index in [0.717, 1.165) is 23.1 Å². The van der Waals surface area contributed by atoms with Crippen molar-refractivity contribution in [1.82, 2.24) is 4.98 Å². The fourth-order valence-electron chi connectivity index (χ4n) is 2.24. The maximum absolute atomic E-state index is 12.1. The molecule has 1 aliphatic rings. The van der Waals surface area contributed by atoms with Gasteiger partial charge in [-0.2, -0.15) is 0 Å². The van der Waals surface area contributed by atoms with Crippen LogP contribution in [0.15, 0.2) is 22.9 Å². The summed E-state index contributed by atoms with van der Waals surface area (Å²) in [6.07, 6.45) is 8.62. The second-order valence-electron chi connectivity index (χ2n) is 4.55. The molecule has 4 heteroatoms. The minimum absolute atomic E-state index is 0.149. The van der Waals surface area contributed by atoms with Crippen LogP contribution in [-0.2, 0) is 4.79 Å². The van der Waals surface area contributed by atoms with E-state index >= 15 is 0 Å². The highest BCUT2D eigenvalue weighted by Gasteiger charge is 2.19. The van der Waals surface area contributed by atoms with E-state index in [1.165, 1.54) is 25.7 Å². The third-order valence-corrected chi connectivity index (χ3v) is 3.69. The second kappa shape index (κ2) is 6.15. The van der Waals surface area contributed by atoms with E-state index in [1.807, 2.05) is 12.1 Å². The minimum atomic E-state index is 0.149. The number of amides is 1. The van der Waals surface area contributed by atoms with Gasteiger partial charge in [0, 0.05) is 5.92 Å². The molecule has 1 saturated carbocycles. The van der Waals surface area contributed by atoms with Crippen molar-refractivity contribution in [3.63, 3.8) is 0 Å². The van der Waals surface area contributed by atoms with Gasteiger partial charge in [0.15, 0.2) is 0 Å². The predicted octanol–water partition coefficient (Wildman–Crippen LogP) is 3.75. The van der Waals surface area contributed by atoms with Crippen LogP contribution in [0.5, 0.6) is 0 Å². The van der Waals surface area contributed by atoms with Gasteiger partial charge in [-0.15, -0.1) is 0 Å². The number of hydrogen-bond acceptors (Lipinski definition) is 2. The predicted molar refractivity (Wildman–Crippen MR) is 71.8 cm³/mol. The summed E-state index contributed by atoms with van der Waals surface area (Å²) in [6, 6.07) is 3.70. The highest BCUT2D eigenvalue weighted by molar-refractivity contribution is 9.10. The van der Waals surface area contributed by atoms with E-state index in [-0.39, 0.29) is 11.8 Å². The summed E-state index contributed by atoms with van der Waals surface area (Å²) >= 11 is 3.27. The summed E-state index contributed by atoms with van der Waals surface area (Å²) in [5, 5.41) is 2.94. The van der Waals surface area contributed by atoms with Crippen LogP contribution in [0.25, 0.3) is 0 Å². The van der Waals surface area contributed by atoms with Crippen LogP contribution >= 0.6 is 15.9 Å². The summed E-state index contributed by atoms with van der Waals surface area (Å²) in [4.78, 5) is 16.2. The molecular formula is C13H17BrN2O. The SMILES string of the molecule is O=C(Nc1ccc(Br)nc1)C1CCCCCC1. The summed E-state index contributed by atoms with van der Waals surface area (Å²) < 4.78 is 0.782. The Hall–Kier alpha value is -0.900. The number of aromatic nitrogens is 1. The van der Waals surface area contributed by atoms with Gasteiger partial charge in [-0.1, -0.05) is 25.7 Å². The van der Waals surface area contributed by atoms with Crippen LogP contribution in [0.3, 0.4) is 0 Å². The quantitative estimate of drug-likeness (QED) is 0.667.